The smallest absolute Gasteiger partial charge is 0.274 e. The summed E-state index contributed by atoms with van der Waals surface area (Å²) in [6.07, 6.45) is 7.77. The van der Waals surface area contributed by atoms with E-state index < -0.39 is 0 Å². The van der Waals surface area contributed by atoms with Gasteiger partial charge in [-0.2, -0.15) is 0 Å². The van der Waals surface area contributed by atoms with Crippen LogP contribution in [0.1, 0.15) is 29.8 Å². The van der Waals surface area contributed by atoms with Crippen molar-refractivity contribution in [3.63, 3.8) is 0 Å². The Morgan fingerprint density at radius 1 is 1.21 bits per heavy atom. The topological polar surface area (TPSA) is 80.1 Å². The molecule has 0 aliphatic carbocycles. The standard InChI is InChI=1S/C17H21N5O2/c23-16-6-1-2-8-21(16)11-5-7-19-15-13-18-12-14(20-15)17(24)22-9-3-4-10-22/h1-2,6,8,12-13H,3-5,7,9-11H2,(H,19,20). The van der Waals surface area contributed by atoms with E-state index in [1.807, 2.05) is 11.0 Å². The molecule has 0 atom stereocenters. The molecule has 3 rings (SSSR count). The number of amides is 1. The normalized spacial score (nSPS) is 13.9. The van der Waals surface area contributed by atoms with Crippen molar-refractivity contribution in [2.75, 3.05) is 25.0 Å². The molecular formula is C17H21N5O2. The van der Waals surface area contributed by atoms with Crippen molar-refractivity contribution in [3.05, 3.63) is 52.8 Å². The minimum absolute atomic E-state index is 0.00417. The molecule has 2 aromatic heterocycles. The number of carbonyl (C=O) groups excluding carboxylic acids is 1. The maximum atomic E-state index is 12.3. The van der Waals surface area contributed by atoms with Crippen molar-refractivity contribution in [3.8, 4) is 0 Å². The van der Waals surface area contributed by atoms with Crippen LogP contribution in [-0.4, -0.2) is 45.0 Å². The van der Waals surface area contributed by atoms with Gasteiger partial charge in [0.1, 0.15) is 11.5 Å². The Hall–Kier alpha value is -2.70. The minimum atomic E-state index is -0.0560. The number of likely N-dealkylation sites (tertiary alicyclic amines) is 1. The fraction of sp³-hybridized carbons (Fsp3) is 0.412. The Balaban J connectivity index is 1.52. The van der Waals surface area contributed by atoms with Crippen LogP contribution in [0, 0.1) is 0 Å². The van der Waals surface area contributed by atoms with Gasteiger partial charge in [0, 0.05) is 38.4 Å². The molecule has 1 N–H and O–H groups in total. The highest BCUT2D eigenvalue weighted by Gasteiger charge is 2.20. The molecule has 3 heterocycles. The van der Waals surface area contributed by atoms with E-state index >= 15 is 0 Å². The number of aromatic nitrogens is 3. The predicted octanol–water partition coefficient (Wildman–Crippen LogP) is 1.38. The highest BCUT2D eigenvalue weighted by atomic mass is 16.2. The van der Waals surface area contributed by atoms with Gasteiger partial charge in [-0.15, -0.1) is 0 Å². The molecule has 1 amide bonds. The molecule has 0 radical (unpaired) electrons. The summed E-state index contributed by atoms with van der Waals surface area (Å²) in [4.78, 5) is 34.2. The molecular weight excluding hydrogens is 306 g/mol. The molecule has 2 aromatic rings. The first kappa shape index (κ1) is 16.2. The van der Waals surface area contributed by atoms with Gasteiger partial charge in [-0.05, 0) is 25.3 Å². The largest absolute Gasteiger partial charge is 0.369 e. The zero-order valence-corrected chi connectivity index (χ0v) is 13.5. The average molecular weight is 327 g/mol. The predicted molar refractivity (Wildman–Crippen MR) is 91.0 cm³/mol. The average Bonchev–Trinajstić information content (AvgIpc) is 3.14. The van der Waals surface area contributed by atoms with Gasteiger partial charge in [0.05, 0.1) is 12.4 Å². The quantitative estimate of drug-likeness (QED) is 0.811. The zero-order valence-electron chi connectivity index (χ0n) is 13.5. The number of aryl methyl sites for hydroxylation is 1. The fourth-order valence-corrected chi connectivity index (χ4v) is 2.75. The molecule has 1 aliphatic rings. The number of rotatable bonds is 6. The van der Waals surface area contributed by atoms with E-state index in [-0.39, 0.29) is 11.5 Å². The number of nitrogens with zero attached hydrogens (tertiary/aromatic N) is 4. The molecule has 1 fully saturated rings. The SMILES string of the molecule is O=C(c1cncc(NCCCn2ccccc2=O)n1)N1CCCC1. The molecule has 0 aromatic carbocycles. The Morgan fingerprint density at radius 3 is 2.83 bits per heavy atom. The van der Waals surface area contributed by atoms with Crippen molar-refractivity contribution < 1.29 is 4.79 Å². The van der Waals surface area contributed by atoms with Crippen molar-refractivity contribution >= 4 is 11.7 Å². The van der Waals surface area contributed by atoms with E-state index in [9.17, 15) is 9.59 Å². The van der Waals surface area contributed by atoms with Gasteiger partial charge in [0.2, 0.25) is 5.56 Å². The van der Waals surface area contributed by atoms with E-state index in [1.165, 1.54) is 6.20 Å². The van der Waals surface area contributed by atoms with Crippen LogP contribution in [0.4, 0.5) is 5.82 Å². The molecule has 7 nitrogen and oxygen atoms in total. The summed E-state index contributed by atoms with van der Waals surface area (Å²) in [6.45, 7) is 2.87. The lowest BCUT2D eigenvalue weighted by atomic mass is 10.3. The lowest BCUT2D eigenvalue weighted by Gasteiger charge is -2.14. The lowest BCUT2D eigenvalue weighted by Crippen LogP contribution is -2.28. The third kappa shape index (κ3) is 3.98. The lowest BCUT2D eigenvalue weighted by molar-refractivity contribution is 0.0786. The van der Waals surface area contributed by atoms with Crippen molar-refractivity contribution in [2.24, 2.45) is 0 Å². The number of hydrogen-bond acceptors (Lipinski definition) is 5. The number of nitrogens with one attached hydrogen (secondary N) is 1. The summed E-state index contributed by atoms with van der Waals surface area (Å²) >= 11 is 0. The van der Waals surface area contributed by atoms with Gasteiger partial charge in [-0.25, -0.2) is 4.98 Å². The van der Waals surface area contributed by atoms with Gasteiger partial charge in [0.25, 0.3) is 5.91 Å². The van der Waals surface area contributed by atoms with Crippen molar-refractivity contribution in [1.29, 1.82) is 0 Å². The van der Waals surface area contributed by atoms with E-state index in [0.29, 0.717) is 24.6 Å². The van der Waals surface area contributed by atoms with Crippen LogP contribution in [-0.2, 0) is 6.54 Å². The van der Waals surface area contributed by atoms with E-state index in [2.05, 4.69) is 15.3 Å². The van der Waals surface area contributed by atoms with E-state index in [0.717, 1.165) is 32.4 Å². The zero-order chi connectivity index (χ0) is 16.8. The molecule has 0 unspecified atom stereocenters. The molecule has 0 spiro atoms. The van der Waals surface area contributed by atoms with Crippen molar-refractivity contribution in [2.45, 2.75) is 25.8 Å². The molecule has 1 aliphatic heterocycles. The first-order chi connectivity index (χ1) is 11.7. The molecule has 126 valence electrons. The van der Waals surface area contributed by atoms with Crippen LogP contribution in [0.3, 0.4) is 0 Å². The van der Waals surface area contributed by atoms with E-state index in [4.69, 9.17) is 0 Å². The summed E-state index contributed by atoms with van der Waals surface area (Å²) in [5.41, 5.74) is 0.372. The van der Waals surface area contributed by atoms with Crippen molar-refractivity contribution in [1.82, 2.24) is 19.4 Å². The Kier molecular flexibility index (Phi) is 5.20. The summed E-state index contributed by atoms with van der Waals surface area (Å²) in [7, 11) is 0. The molecule has 7 heteroatoms. The second-order valence-corrected chi connectivity index (χ2v) is 5.80. The van der Waals surface area contributed by atoms with Crippen LogP contribution in [0.15, 0.2) is 41.6 Å². The third-order valence-corrected chi connectivity index (χ3v) is 4.03. The number of pyridine rings is 1. The summed E-state index contributed by atoms with van der Waals surface area (Å²) in [5.74, 6) is 0.528. The van der Waals surface area contributed by atoms with Gasteiger partial charge in [0.15, 0.2) is 0 Å². The van der Waals surface area contributed by atoms with Gasteiger partial charge >= 0.3 is 0 Å². The van der Waals surface area contributed by atoms with Gasteiger partial charge in [-0.1, -0.05) is 6.07 Å². The van der Waals surface area contributed by atoms with Gasteiger partial charge < -0.3 is 14.8 Å². The van der Waals surface area contributed by atoms with Crippen LogP contribution < -0.4 is 10.9 Å². The molecule has 24 heavy (non-hydrogen) atoms. The molecule has 1 saturated heterocycles. The third-order valence-electron chi connectivity index (χ3n) is 4.03. The molecule has 0 bridgehead atoms. The summed E-state index contributed by atoms with van der Waals surface area (Å²) < 4.78 is 1.67. The first-order valence-electron chi connectivity index (χ1n) is 8.25. The van der Waals surface area contributed by atoms with Crippen LogP contribution in [0.2, 0.25) is 0 Å². The van der Waals surface area contributed by atoms with Crippen LogP contribution in [0.5, 0.6) is 0 Å². The first-order valence-corrected chi connectivity index (χ1v) is 8.25. The molecule has 0 saturated carbocycles. The highest BCUT2D eigenvalue weighted by Crippen LogP contribution is 2.12. The minimum Gasteiger partial charge on any atom is -0.369 e. The number of carbonyl (C=O) groups is 1. The van der Waals surface area contributed by atoms with Crippen LogP contribution >= 0.6 is 0 Å². The maximum absolute atomic E-state index is 12.3. The monoisotopic (exact) mass is 327 g/mol. The maximum Gasteiger partial charge on any atom is 0.274 e. The second kappa shape index (κ2) is 7.72. The Bertz CT molecular complexity index is 752. The Labute approximate surface area is 140 Å². The Morgan fingerprint density at radius 2 is 2.04 bits per heavy atom. The summed E-state index contributed by atoms with van der Waals surface area (Å²) in [6, 6.07) is 5.12. The number of hydrogen-bond donors (Lipinski definition) is 1. The van der Waals surface area contributed by atoms with Crippen LogP contribution in [0.25, 0.3) is 0 Å². The highest BCUT2D eigenvalue weighted by molar-refractivity contribution is 5.92. The van der Waals surface area contributed by atoms with E-state index in [1.54, 1.807) is 29.1 Å². The fourth-order valence-electron chi connectivity index (χ4n) is 2.75. The number of anilines is 1. The second-order valence-electron chi connectivity index (χ2n) is 5.80. The van der Waals surface area contributed by atoms with Gasteiger partial charge in [-0.3, -0.25) is 14.6 Å². The summed E-state index contributed by atoms with van der Waals surface area (Å²) in [5, 5.41) is 3.16.